The molecule has 0 aliphatic heterocycles. The predicted octanol–water partition coefficient (Wildman–Crippen LogP) is 0.566. The average Bonchev–Trinajstić information content (AvgIpc) is 3.26. The van der Waals surface area contributed by atoms with Gasteiger partial charge < -0.3 is 10.1 Å². The number of rotatable bonds is 4. The molecule has 3 amide bonds. The fourth-order valence-corrected chi connectivity index (χ4v) is 3.05. The van der Waals surface area contributed by atoms with E-state index >= 15 is 0 Å². The first-order chi connectivity index (χ1) is 10.9. The molecule has 0 heterocycles. The van der Waals surface area contributed by atoms with Crippen molar-refractivity contribution in [3.63, 3.8) is 0 Å². The largest absolute Gasteiger partial charge is 0.497 e. The van der Waals surface area contributed by atoms with Crippen molar-refractivity contribution >= 4 is 22.4 Å². The van der Waals surface area contributed by atoms with E-state index < -0.39 is 33.9 Å². The van der Waals surface area contributed by atoms with Crippen LogP contribution in [0.3, 0.4) is 0 Å². The van der Waals surface area contributed by atoms with E-state index in [1.54, 1.807) is 24.3 Å². The molecule has 1 aliphatic carbocycles. The Morgan fingerprint density at radius 2 is 1.96 bits per heavy atom. The van der Waals surface area contributed by atoms with Crippen molar-refractivity contribution in [1.29, 1.82) is 0 Å². The quantitative estimate of drug-likeness (QED) is 0.863. The molecule has 9 heteroatoms. The van der Waals surface area contributed by atoms with Gasteiger partial charge in [0.2, 0.25) is 5.91 Å². The van der Waals surface area contributed by atoms with Crippen molar-refractivity contribution in [1.82, 2.24) is 10.2 Å². The van der Waals surface area contributed by atoms with Gasteiger partial charge in [-0.05, 0) is 24.1 Å². The molecule has 1 aromatic rings. The van der Waals surface area contributed by atoms with Crippen LogP contribution in [-0.2, 0) is 20.7 Å². The fourth-order valence-electron chi connectivity index (χ4n) is 2.59. The molecular weight excluding hydrogens is 322 g/mol. The number of urea groups is 1. The fraction of sp³-hybridized carbons (Fsp3) is 0.429. The summed E-state index contributed by atoms with van der Waals surface area (Å²) in [7, 11) is 1.65. The molecule has 0 bridgehead atoms. The average molecular weight is 339 g/mol. The Bertz CT molecular complexity index is 751. The lowest BCUT2D eigenvalue weighted by atomic mass is 9.93. The second-order valence-electron chi connectivity index (χ2n) is 5.16. The molecule has 1 aliphatic rings. The van der Waals surface area contributed by atoms with Crippen LogP contribution in [-0.4, -0.2) is 52.5 Å². The van der Waals surface area contributed by atoms with Crippen LogP contribution in [0.4, 0.5) is 4.79 Å². The second kappa shape index (κ2) is 6.37. The highest BCUT2D eigenvalue weighted by molar-refractivity contribution is 7.61. The molecule has 0 aromatic heterocycles. The molecule has 0 saturated heterocycles. The molecule has 1 aromatic carbocycles. The number of nitrogens with one attached hydrogen (secondary N) is 1. The van der Waals surface area contributed by atoms with Crippen LogP contribution in [0.15, 0.2) is 28.6 Å². The van der Waals surface area contributed by atoms with Gasteiger partial charge in [0.1, 0.15) is 11.2 Å². The van der Waals surface area contributed by atoms with Crippen LogP contribution in [0.5, 0.6) is 5.75 Å². The van der Waals surface area contributed by atoms with Gasteiger partial charge in [-0.25, -0.2) is 4.79 Å². The highest BCUT2D eigenvalue weighted by Crippen LogP contribution is 2.52. The van der Waals surface area contributed by atoms with Crippen molar-refractivity contribution in [2.45, 2.75) is 17.9 Å². The minimum absolute atomic E-state index is 0.230. The zero-order valence-corrected chi connectivity index (χ0v) is 13.8. The Labute approximate surface area is 135 Å². The van der Waals surface area contributed by atoms with Crippen LogP contribution in [0.25, 0.3) is 0 Å². The molecule has 23 heavy (non-hydrogen) atoms. The first-order valence-corrected chi connectivity index (χ1v) is 7.84. The number of nitrogens with zero attached hydrogens (tertiary/aromatic N) is 2. The summed E-state index contributed by atoms with van der Waals surface area (Å²) in [6.07, 6.45) is 0.230. The van der Waals surface area contributed by atoms with Crippen LogP contribution in [0.2, 0.25) is 0 Å². The molecule has 2 atom stereocenters. The van der Waals surface area contributed by atoms with Crippen LogP contribution < -0.4 is 10.1 Å². The van der Waals surface area contributed by atoms with Gasteiger partial charge in [-0.2, -0.15) is 12.8 Å². The Morgan fingerprint density at radius 1 is 1.35 bits per heavy atom. The topological polar surface area (TPSA) is 105 Å². The number of amides is 3. The van der Waals surface area contributed by atoms with E-state index in [1.165, 1.54) is 21.2 Å². The van der Waals surface area contributed by atoms with E-state index in [0.717, 1.165) is 4.90 Å². The summed E-state index contributed by atoms with van der Waals surface area (Å²) in [6, 6.07) is 5.42. The number of hydrogen-bond acceptors (Lipinski definition) is 6. The number of likely N-dealkylation sites (N-methyl/N-ethyl adjacent to an activating group) is 1. The second-order valence-corrected chi connectivity index (χ2v) is 5.81. The number of imide groups is 1. The highest BCUT2D eigenvalue weighted by atomic mass is 32.2. The molecule has 8 nitrogen and oxygen atoms in total. The minimum atomic E-state index is -2.62. The first-order valence-electron chi connectivity index (χ1n) is 6.81. The standard InChI is InChI=1S/C14H17N3O5S/c1-15-13(19)17(2)12(18)14(8-11(14)16-23(20)21)9-4-6-10(22-3)7-5-9/h4-7,11H,8H2,1-3H3,(H,15,19). The summed E-state index contributed by atoms with van der Waals surface area (Å²) >= 11 is 0. The highest BCUT2D eigenvalue weighted by Gasteiger charge is 2.63. The molecule has 0 radical (unpaired) electrons. The third-order valence-electron chi connectivity index (χ3n) is 3.95. The van der Waals surface area contributed by atoms with E-state index in [1.807, 2.05) is 0 Å². The van der Waals surface area contributed by atoms with Crippen LogP contribution in [0.1, 0.15) is 12.0 Å². The number of carbonyl (C=O) groups excluding carboxylic acids is 2. The monoisotopic (exact) mass is 339 g/mol. The summed E-state index contributed by atoms with van der Waals surface area (Å²) < 4.78 is 30.4. The van der Waals surface area contributed by atoms with Crippen LogP contribution >= 0.6 is 0 Å². The van der Waals surface area contributed by atoms with Crippen molar-refractivity contribution in [3.05, 3.63) is 29.8 Å². The van der Waals surface area contributed by atoms with Gasteiger partial charge in [-0.15, -0.1) is 0 Å². The Balaban J connectivity index is 2.44. The summed E-state index contributed by atoms with van der Waals surface area (Å²) in [5.74, 6) is 0.110. The molecule has 1 N–H and O–H groups in total. The number of ether oxygens (including phenoxy) is 1. The predicted molar refractivity (Wildman–Crippen MR) is 81.7 cm³/mol. The van der Waals surface area contributed by atoms with Crippen molar-refractivity contribution in [3.8, 4) is 5.75 Å². The lowest BCUT2D eigenvalue weighted by molar-refractivity contribution is -0.130. The van der Waals surface area contributed by atoms with Crippen molar-refractivity contribution in [2.24, 2.45) is 4.36 Å². The summed E-state index contributed by atoms with van der Waals surface area (Å²) in [4.78, 5) is 25.4. The zero-order chi connectivity index (χ0) is 17.2. The maximum absolute atomic E-state index is 12.7. The van der Waals surface area contributed by atoms with Gasteiger partial charge in [0.15, 0.2) is 0 Å². The SMILES string of the molecule is CNC(=O)N(C)C(=O)C1(c2ccc(OC)cc2)CC1N=S(=O)=O. The summed E-state index contributed by atoms with van der Waals surface area (Å²) in [6.45, 7) is 0. The van der Waals surface area contributed by atoms with Gasteiger partial charge in [-0.1, -0.05) is 12.1 Å². The van der Waals surface area contributed by atoms with Gasteiger partial charge in [0.05, 0.1) is 13.2 Å². The molecular formula is C14H17N3O5S. The summed E-state index contributed by atoms with van der Waals surface area (Å²) in [5.41, 5.74) is -0.550. The first kappa shape index (κ1) is 16.9. The molecule has 2 rings (SSSR count). The zero-order valence-electron chi connectivity index (χ0n) is 12.9. The smallest absolute Gasteiger partial charge is 0.323 e. The molecule has 0 spiro atoms. The van der Waals surface area contributed by atoms with E-state index in [0.29, 0.717) is 11.3 Å². The minimum Gasteiger partial charge on any atom is -0.497 e. The van der Waals surface area contributed by atoms with Gasteiger partial charge in [-0.3, -0.25) is 9.69 Å². The van der Waals surface area contributed by atoms with Gasteiger partial charge in [0.25, 0.3) is 0 Å². The maximum atomic E-state index is 12.7. The third-order valence-corrected chi connectivity index (χ3v) is 4.37. The van der Waals surface area contributed by atoms with Gasteiger partial charge >= 0.3 is 16.5 Å². The van der Waals surface area contributed by atoms with E-state index in [4.69, 9.17) is 4.74 Å². The number of methoxy groups -OCH3 is 1. The summed E-state index contributed by atoms with van der Waals surface area (Å²) in [5, 5.41) is 2.36. The van der Waals surface area contributed by atoms with Crippen molar-refractivity contribution in [2.75, 3.05) is 21.2 Å². The molecule has 1 fully saturated rings. The Morgan fingerprint density at radius 3 is 2.43 bits per heavy atom. The normalized spacial score (nSPS) is 22.0. The van der Waals surface area contributed by atoms with E-state index in [9.17, 15) is 18.0 Å². The Kier molecular flexibility index (Phi) is 4.69. The lowest BCUT2D eigenvalue weighted by Gasteiger charge is -2.22. The Hall–Kier alpha value is -2.42. The lowest BCUT2D eigenvalue weighted by Crippen LogP contribution is -2.45. The maximum Gasteiger partial charge on any atom is 0.323 e. The third kappa shape index (κ3) is 3.04. The van der Waals surface area contributed by atoms with Crippen molar-refractivity contribution < 1.29 is 22.7 Å². The number of hydrogen-bond donors (Lipinski definition) is 1. The van der Waals surface area contributed by atoms with E-state index in [-0.39, 0.29) is 6.42 Å². The molecule has 124 valence electrons. The number of benzene rings is 1. The van der Waals surface area contributed by atoms with Crippen LogP contribution in [0, 0.1) is 0 Å². The van der Waals surface area contributed by atoms with Gasteiger partial charge in [0, 0.05) is 14.1 Å². The van der Waals surface area contributed by atoms with E-state index in [2.05, 4.69) is 9.68 Å². The number of carbonyl (C=O) groups is 2. The molecule has 1 saturated carbocycles. The molecule has 2 unspecified atom stereocenters.